The molecule has 2 aromatic carbocycles. The summed E-state index contributed by atoms with van der Waals surface area (Å²) >= 11 is 0. The highest BCUT2D eigenvalue weighted by Crippen LogP contribution is 2.25. The standard InChI is InChI=1S/C21H25N3O/c1-15(2)13-14-19(25)23-20(16-9-5-4-6-10-16)21-22-17-11-7-8-12-18(17)24(21)3/h4-12,15,20H,13-14H2,1-3H3,(H,23,25). The highest BCUT2D eigenvalue weighted by molar-refractivity contribution is 5.78. The van der Waals surface area contributed by atoms with E-state index in [-0.39, 0.29) is 11.9 Å². The number of carbonyl (C=O) groups is 1. The van der Waals surface area contributed by atoms with Crippen LogP contribution in [0.2, 0.25) is 0 Å². The average molecular weight is 335 g/mol. The number of imidazole rings is 1. The van der Waals surface area contributed by atoms with E-state index in [9.17, 15) is 4.79 Å². The Bertz CT molecular complexity index is 852. The normalized spacial score (nSPS) is 12.5. The first-order valence-electron chi connectivity index (χ1n) is 8.82. The molecule has 0 saturated heterocycles. The first-order valence-corrected chi connectivity index (χ1v) is 8.82. The number of hydrogen-bond donors (Lipinski definition) is 1. The van der Waals surface area contributed by atoms with E-state index in [0.29, 0.717) is 12.3 Å². The lowest BCUT2D eigenvalue weighted by atomic mass is 10.0. The number of aromatic nitrogens is 2. The largest absolute Gasteiger partial charge is 0.342 e. The van der Waals surface area contributed by atoms with Crippen LogP contribution in [0.15, 0.2) is 54.6 Å². The Hall–Kier alpha value is -2.62. The molecule has 0 aliphatic carbocycles. The van der Waals surface area contributed by atoms with Crippen LogP contribution in [-0.2, 0) is 11.8 Å². The summed E-state index contributed by atoms with van der Waals surface area (Å²) in [5.41, 5.74) is 3.05. The van der Waals surface area contributed by atoms with Gasteiger partial charge in [0.2, 0.25) is 5.91 Å². The zero-order valence-corrected chi connectivity index (χ0v) is 15.1. The highest BCUT2D eigenvalue weighted by atomic mass is 16.1. The number of nitrogens with one attached hydrogen (secondary N) is 1. The average Bonchev–Trinajstić information content (AvgIpc) is 2.95. The number of para-hydroxylation sites is 2. The molecule has 130 valence electrons. The van der Waals surface area contributed by atoms with Gasteiger partial charge in [-0.3, -0.25) is 4.79 Å². The fourth-order valence-corrected chi connectivity index (χ4v) is 3.02. The molecule has 1 N–H and O–H groups in total. The predicted octanol–water partition coefficient (Wildman–Crippen LogP) is 4.22. The van der Waals surface area contributed by atoms with Crippen LogP contribution in [0, 0.1) is 5.92 Å². The van der Waals surface area contributed by atoms with Crippen molar-refractivity contribution in [2.24, 2.45) is 13.0 Å². The minimum Gasteiger partial charge on any atom is -0.342 e. The van der Waals surface area contributed by atoms with E-state index in [0.717, 1.165) is 28.8 Å². The van der Waals surface area contributed by atoms with Gasteiger partial charge in [0.05, 0.1) is 11.0 Å². The summed E-state index contributed by atoms with van der Waals surface area (Å²) in [6.45, 7) is 4.26. The van der Waals surface area contributed by atoms with Gasteiger partial charge in [0.1, 0.15) is 11.9 Å². The maximum Gasteiger partial charge on any atom is 0.220 e. The summed E-state index contributed by atoms with van der Waals surface area (Å²) in [5.74, 6) is 1.43. The number of aryl methyl sites for hydroxylation is 1. The minimum atomic E-state index is -0.252. The molecule has 0 aliphatic heterocycles. The maximum atomic E-state index is 12.5. The predicted molar refractivity (Wildman–Crippen MR) is 101 cm³/mol. The maximum absolute atomic E-state index is 12.5. The van der Waals surface area contributed by atoms with Gasteiger partial charge in [-0.1, -0.05) is 56.3 Å². The second-order valence-corrected chi connectivity index (χ2v) is 6.86. The van der Waals surface area contributed by atoms with E-state index in [2.05, 4.69) is 29.8 Å². The van der Waals surface area contributed by atoms with Gasteiger partial charge < -0.3 is 9.88 Å². The van der Waals surface area contributed by atoms with E-state index in [1.165, 1.54) is 0 Å². The Morgan fingerprint density at radius 3 is 2.44 bits per heavy atom. The van der Waals surface area contributed by atoms with Crippen LogP contribution in [0.25, 0.3) is 11.0 Å². The van der Waals surface area contributed by atoms with Crippen LogP contribution in [0.5, 0.6) is 0 Å². The molecule has 0 bridgehead atoms. The zero-order valence-electron chi connectivity index (χ0n) is 15.1. The Balaban J connectivity index is 1.96. The molecular weight excluding hydrogens is 310 g/mol. The molecule has 1 amide bonds. The first kappa shape index (κ1) is 17.2. The van der Waals surface area contributed by atoms with Crippen LogP contribution < -0.4 is 5.32 Å². The van der Waals surface area contributed by atoms with Crippen molar-refractivity contribution in [3.05, 3.63) is 66.0 Å². The molecule has 1 unspecified atom stereocenters. The molecule has 1 heterocycles. The number of benzene rings is 2. The summed E-state index contributed by atoms with van der Waals surface area (Å²) in [6, 6.07) is 17.8. The summed E-state index contributed by atoms with van der Waals surface area (Å²) < 4.78 is 2.07. The fourth-order valence-electron chi connectivity index (χ4n) is 3.02. The van der Waals surface area contributed by atoms with Crippen molar-refractivity contribution in [1.82, 2.24) is 14.9 Å². The van der Waals surface area contributed by atoms with E-state index >= 15 is 0 Å². The van der Waals surface area contributed by atoms with Crippen molar-refractivity contribution in [1.29, 1.82) is 0 Å². The Labute approximate surface area is 148 Å². The second-order valence-electron chi connectivity index (χ2n) is 6.86. The SMILES string of the molecule is CC(C)CCC(=O)NC(c1ccccc1)c1nc2ccccc2n1C. The van der Waals surface area contributed by atoms with Crippen molar-refractivity contribution in [3.63, 3.8) is 0 Å². The summed E-state index contributed by atoms with van der Waals surface area (Å²) in [5, 5.41) is 3.18. The minimum absolute atomic E-state index is 0.0645. The van der Waals surface area contributed by atoms with E-state index in [1.54, 1.807) is 0 Å². The second kappa shape index (κ2) is 7.51. The topological polar surface area (TPSA) is 46.9 Å². The third-order valence-electron chi connectivity index (χ3n) is 4.47. The lowest BCUT2D eigenvalue weighted by Gasteiger charge is -2.19. The molecule has 4 nitrogen and oxygen atoms in total. The number of fused-ring (bicyclic) bond motifs is 1. The van der Waals surface area contributed by atoms with Gasteiger partial charge in [-0.15, -0.1) is 0 Å². The monoisotopic (exact) mass is 335 g/mol. The zero-order chi connectivity index (χ0) is 17.8. The number of hydrogen-bond acceptors (Lipinski definition) is 2. The van der Waals surface area contributed by atoms with Crippen molar-refractivity contribution >= 4 is 16.9 Å². The molecule has 25 heavy (non-hydrogen) atoms. The molecule has 0 radical (unpaired) electrons. The molecule has 4 heteroatoms. The Morgan fingerprint density at radius 2 is 1.76 bits per heavy atom. The van der Waals surface area contributed by atoms with Gasteiger partial charge >= 0.3 is 0 Å². The fraction of sp³-hybridized carbons (Fsp3) is 0.333. The Kier molecular flexibility index (Phi) is 5.17. The van der Waals surface area contributed by atoms with Crippen LogP contribution in [0.4, 0.5) is 0 Å². The smallest absolute Gasteiger partial charge is 0.220 e. The molecular formula is C21H25N3O. The quantitative estimate of drug-likeness (QED) is 0.733. The van der Waals surface area contributed by atoms with Gasteiger partial charge in [-0.2, -0.15) is 0 Å². The van der Waals surface area contributed by atoms with E-state index in [4.69, 9.17) is 4.98 Å². The molecule has 0 fully saturated rings. The number of carbonyl (C=O) groups excluding carboxylic acids is 1. The van der Waals surface area contributed by atoms with Crippen LogP contribution in [-0.4, -0.2) is 15.5 Å². The van der Waals surface area contributed by atoms with Crippen molar-refractivity contribution in [2.75, 3.05) is 0 Å². The third kappa shape index (κ3) is 3.90. The van der Waals surface area contributed by atoms with Crippen molar-refractivity contribution in [2.45, 2.75) is 32.7 Å². The van der Waals surface area contributed by atoms with Gasteiger partial charge in [0.15, 0.2) is 0 Å². The van der Waals surface area contributed by atoms with E-state index in [1.807, 2.05) is 55.6 Å². The van der Waals surface area contributed by atoms with Gasteiger partial charge in [0.25, 0.3) is 0 Å². The molecule has 0 saturated carbocycles. The first-order chi connectivity index (χ1) is 12.1. The van der Waals surface area contributed by atoms with Crippen LogP contribution in [0.1, 0.15) is 44.1 Å². The molecule has 3 aromatic rings. The van der Waals surface area contributed by atoms with Crippen LogP contribution in [0.3, 0.4) is 0 Å². The third-order valence-corrected chi connectivity index (χ3v) is 4.47. The summed E-state index contributed by atoms with van der Waals surface area (Å²) in [4.78, 5) is 17.3. The molecule has 1 aromatic heterocycles. The number of rotatable bonds is 6. The lowest BCUT2D eigenvalue weighted by molar-refractivity contribution is -0.121. The lowest BCUT2D eigenvalue weighted by Crippen LogP contribution is -2.31. The number of amides is 1. The van der Waals surface area contributed by atoms with E-state index < -0.39 is 0 Å². The molecule has 0 aliphatic rings. The molecule has 0 spiro atoms. The van der Waals surface area contributed by atoms with Crippen molar-refractivity contribution in [3.8, 4) is 0 Å². The number of nitrogens with zero attached hydrogens (tertiary/aromatic N) is 2. The van der Waals surface area contributed by atoms with Crippen LogP contribution >= 0.6 is 0 Å². The van der Waals surface area contributed by atoms with Gasteiger partial charge in [-0.25, -0.2) is 4.98 Å². The van der Waals surface area contributed by atoms with Gasteiger partial charge in [0, 0.05) is 13.5 Å². The highest BCUT2D eigenvalue weighted by Gasteiger charge is 2.22. The molecule has 1 atom stereocenters. The summed E-state index contributed by atoms with van der Waals surface area (Å²) in [7, 11) is 2.00. The summed E-state index contributed by atoms with van der Waals surface area (Å²) in [6.07, 6.45) is 1.42. The van der Waals surface area contributed by atoms with Gasteiger partial charge in [-0.05, 0) is 30.0 Å². The van der Waals surface area contributed by atoms with Crippen molar-refractivity contribution < 1.29 is 4.79 Å². The Morgan fingerprint density at radius 1 is 1.08 bits per heavy atom. The molecule has 3 rings (SSSR count).